The molecule has 174 valence electrons. The van der Waals surface area contributed by atoms with Gasteiger partial charge >= 0.3 is 0 Å². The van der Waals surface area contributed by atoms with Crippen LogP contribution in [0, 0.1) is 6.92 Å². The minimum Gasteiger partial charge on any atom is -0.349 e. The molecular formula is C24H32ClN3O3S. The minimum atomic E-state index is -3.85. The Morgan fingerprint density at radius 1 is 1.12 bits per heavy atom. The average molecular weight is 478 g/mol. The average Bonchev–Trinajstić information content (AvgIpc) is 2.69. The van der Waals surface area contributed by atoms with Gasteiger partial charge in [-0.1, -0.05) is 35.9 Å². The fraction of sp³-hybridized carbons (Fsp3) is 0.458. The lowest BCUT2D eigenvalue weighted by atomic mass is 10.0. The van der Waals surface area contributed by atoms with Crippen LogP contribution in [0.1, 0.15) is 55.1 Å². The Kier molecular flexibility index (Phi) is 7.65. The van der Waals surface area contributed by atoms with Crippen molar-refractivity contribution in [3.63, 3.8) is 0 Å². The third-order valence-corrected chi connectivity index (χ3v) is 7.74. The third kappa shape index (κ3) is 6.54. The molecule has 0 saturated carbocycles. The van der Waals surface area contributed by atoms with Crippen molar-refractivity contribution in [2.24, 2.45) is 0 Å². The first kappa shape index (κ1) is 24.7. The van der Waals surface area contributed by atoms with E-state index in [9.17, 15) is 13.2 Å². The first-order chi connectivity index (χ1) is 14.9. The summed E-state index contributed by atoms with van der Waals surface area (Å²) in [6, 6.07) is 12.8. The summed E-state index contributed by atoms with van der Waals surface area (Å²) >= 11 is 6.14. The van der Waals surface area contributed by atoms with Gasteiger partial charge in [0, 0.05) is 36.8 Å². The molecule has 1 amide bonds. The molecule has 6 nitrogen and oxygen atoms in total. The molecule has 1 fully saturated rings. The quantitative estimate of drug-likeness (QED) is 0.656. The summed E-state index contributed by atoms with van der Waals surface area (Å²) in [6.07, 6.45) is 1.70. The van der Waals surface area contributed by atoms with Gasteiger partial charge in [-0.2, -0.15) is 0 Å². The maximum absolute atomic E-state index is 12.8. The molecule has 1 aliphatic rings. The highest BCUT2D eigenvalue weighted by molar-refractivity contribution is 7.89. The van der Waals surface area contributed by atoms with Crippen molar-refractivity contribution in [1.82, 2.24) is 14.9 Å². The van der Waals surface area contributed by atoms with Gasteiger partial charge in [-0.3, -0.25) is 9.69 Å². The van der Waals surface area contributed by atoms with Crippen molar-refractivity contribution < 1.29 is 13.2 Å². The molecule has 0 bridgehead atoms. The number of carbonyl (C=O) groups is 1. The summed E-state index contributed by atoms with van der Waals surface area (Å²) in [6.45, 7) is 10.1. The van der Waals surface area contributed by atoms with E-state index in [1.807, 2.05) is 6.07 Å². The summed E-state index contributed by atoms with van der Waals surface area (Å²) in [4.78, 5) is 15.1. The first-order valence-corrected chi connectivity index (χ1v) is 12.7. The number of hydrogen-bond acceptors (Lipinski definition) is 4. The van der Waals surface area contributed by atoms with E-state index >= 15 is 0 Å². The summed E-state index contributed by atoms with van der Waals surface area (Å²) in [5.74, 6) is -0.286. The van der Waals surface area contributed by atoms with Crippen LogP contribution in [0.15, 0.2) is 47.4 Å². The molecule has 1 aliphatic heterocycles. The molecule has 0 aliphatic carbocycles. The number of piperidine rings is 1. The number of hydrogen-bond donors (Lipinski definition) is 2. The summed E-state index contributed by atoms with van der Waals surface area (Å²) in [5.41, 5.74) is 2.24. The second kappa shape index (κ2) is 9.91. The zero-order valence-electron chi connectivity index (χ0n) is 19.1. The van der Waals surface area contributed by atoms with Crippen molar-refractivity contribution >= 4 is 27.5 Å². The van der Waals surface area contributed by atoms with Crippen LogP contribution in [0.3, 0.4) is 0 Å². The number of benzene rings is 2. The number of sulfonamides is 1. The van der Waals surface area contributed by atoms with Gasteiger partial charge in [-0.25, -0.2) is 13.1 Å². The van der Waals surface area contributed by atoms with E-state index in [0.29, 0.717) is 0 Å². The van der Waals surface area contributed by atoms with E-state index in [-0.39, 0.29) is 27.4 Å². The number of nitrogens with one attached hydrogen (secondary N) is 2. The number of rotatable bonds is 6. The van der Waals surface area contributed by atoms with Crippen LogP contribution >= 0.6 is 11.6 Å². The molecular weight excluding hydrogens is 446 g/mol. The molecule has 0 atom stereocenters. The van der Waals surface area contributed by atoms with E-state index in [4.69, 9.17) is 11.6 Å². The van der Waals surface area contributed by atoms with Crippen LogP contribution in [0.4, 0.5) is 0 Å². The van der Waals surface area contributed by atoms with Crippen molar-refractivity contribution in [2.75, 3.05) is 13.1 Å². The van der Waals surface area contributed by atoms with Gasteiger partial charge < -0.3 is 5.32 Å². The van der Waals surface area contributed by atoms with E-state index in [1.165, 1.54) is 23.3 Å². The highest BCUT2D eigenvalue weighted by Crippen LogP contribution is 2.24. The molecule has 8 heteroatoms. The summed E-state index contributed by atoms with van der Waals surface area (Å²) in [7, 11) is -3.85. The molecule has 0 aromatic heterocycles. The van der Waals surface area contributed by atoms with Gasteiger partial charge in [0.2, 0.25) is 10.0 Å². The van der Waals surface area contributed by atoms with Gasteiger partial charge in [-0.15, -0.1) is 0 Å². The van der Waals surface area contributed by atoms with Gasteiger partial charge in [0.1, 0.15) is 4.90 Å². The lowest BCUT2D eigenvalue weighted by Gasteiger charge is -2.32. The molecule has 1 heterocycles. The second-order valence-electron chi connectivity index (χ2n) is 9.45. The Morgan fingerprint density at radius 3 is 2.41 bits per heavy atom. The predicted molar refractivity (Wildman–Crippen MR) is 128 cm³/mol. The maximum atomic E-state index is 12.8. The molecule has 3 rings (SSSR count). The third-order valence-electron chi connectivity index (χ3n) is 5.50. The molecule has 0 spiro atoms. The van der Waals surface area contributed by atoms with E-state index < -0.39 is 15.6 Å². The number of halogens is 1. The molecule has 1 saturated heterocycles. The van der Waals surface area contributed by atoms with E-state index in [2.05, 4.69) is 40.1 Å². The standard InChI is InChI=1S/C24H32ClN3O3S/c1-17-7-5-6-8-19(17)16-28-13-11-20(12-14-28)26-23(29)18-9-10-21(25)22(15-18)32(30,31)27-24(2,3)4/h5-10,15,20,27H,11-14,16H2,1-4H3,(H,26,29). The highest BCUT2D eigenvalue weighted by atomic mass is 35.5. The number of nitrogens with zero attached hydrogens (tertiary/aromatic N) is 1. The second-order valence-corrected chi connectivity index (χ2v) is 11.5. The normalized spacial score (nSPS) is 16.2. The van der Waals surface area contributed by atoms with Crippen molar-refractivity contribution in [1.29, 1.82) is 0 Å². The van der Waals surface area contributed by atoms with Crippen LogP contribution < -0.4 is 10.0 Å². The zero-order chi connectivity index (χ0) is 23.5. The van der Waals surface area contributed by atoms with Gasteiger partial charge in [-0.05, 0) is 69.9 Å². The highest BCUT2D eigenvalue weighted by Gasteiger charge is 2.26. The zero-order valence-corrected chi connectivity index (χ0v) is 20.7. The number of carbonyl (C=O) groups excluding carboxylic acids is 1. The molecule has 0 unspecified atom stereocenters. The van der Waals surface area contributed by atoms with Crippen molar-refractivity contribution in [3.05, 3.63) is 64.2 Å². The molecule has 2 aromatic rings. The molecule has 0 radical (unpaired) electrons. The maximum Gasteiger partial charge on any atom is 0.251 e. The van der Waals surface area contributed by atoms with Crippen LogP contribution in [0.5, 0.6) is 0 Å². The smallest absolute Gasteiger partial charge is 0.251 e. The van der Waals surface area contributed by atoms with Crippen LogP contribution in [0.2, 0.25) is 5.02 Å². The molecule has 2 N–H and O–H groups in total. The van der Waals surface area contributed by atoms with Gasteiger partial charge in [0.15, 0.2) is 0 Å². The van der Waals surface area contributed by atoms with Crippen LogP contribution in [-0.2, 0) is 16.6 Å². The topological polar surface area (TPSA) is 78.5 Å². The predicted octanol–water partition coefficient (Wildman–Crippen LogP) is 4.12. The minimum absolute atomic E-state index is 0.0547. The van der Waals surface area contributed by atoms with Gasteiger partial charge in [0.05, 0.1) is 5.02 Å². The van der Waals surface area contributed by atoms with Crippen molar-refractivity contribution in [2.45, 2.75) is 63.6 Å². The monoisotopic (exact) mass is 477 g/mol. The fourth-order valence-electron chi connectivity index (χ4n) is 3.84. The Balaban J connectivity index is 1.61. The molecule has 32 heavy (non-hydrogen) atoms. The summed E-state index contributed by atoms with van der Waals surface area (Å²) < 4.78 is 28.0. The van der Waals surface area contributed by atoms with E-state index in [0.717, 1.165) is 32.5 Å². The lowest BCUT2D eigenvalue weighted by Crippen LogP contribution is -2.44. The van der Waals surface area contributed by atoms with Crippen LogP contribution in [0.25, 0.3) is 0 Å². The molecule has 2 aromatic carbocycles. The fourth-order valence-corrected chi connectivity index (χ4v) is 5.79. The number of amides is 1. The Hall–Kier alpha value is -1.93. The Bertz CT molecular complexity index is 1070. The number of aryl methyl sites for hydroxylation is 1. The Labute approximate surface area is 196 Å². The summed E-state index contributed by atoms with van der Waals surface area (Å²) in [5, 5.41) is 3.14. The Morgan fingerprint density at radius 2 is 1.78 bits per heavy atom. The SMILES string of the molecule is Cc1ccccc1CN1CCC(NC(=O)c2ccc(Cl)c(S(=O)(=O)NC(C)(C)C)c2)CC1. The largest absolute Gasteiger partial charge is 0.349 e. The lowest BCUT2D eigenvalue weighted by molar-refractivity contribution is 0.0908. The first-order valence-electron chi connectivity index (χ1n) is 10.9. The van der Waals surface area contributed by atoms with Gasteiger partial charge in [0.25, 0.3) is 5.91 Å². The van der Waals surface area contributed by atoms with Crippen LogP contribution in [-0.4, -0.2) is 43.9 Å². The van der Waals surface area contributed by atoms with E-state index in [1.54, 1.807) is 26.8 Å². The number of likely N-dealkylation sites (tertiary alicyclic amines) is 1. The van der Waals surface area contributed by atoms with Crippen molar-refractivity contribution in [3.8, 4) is 0 Å².